The van der Waals surface area contributed by atoms with Crippen molar-refractivity contribution in [3.05, 3.63) is 24.3 Å². The second-order valence-corrected chi connectivity index (χ2v) is 4.70. The van der Waals surface area contributed by atoms with Crippen LogP contribution >= 0.6 is 0 Å². The number of ether oxygens (including phenoxy) is 2. The van der Waals surface area contributed by atoms with E-state index in [2.05, 4.69) is 5.32 Å². The Balaban J connectivity index is 2.51. The van der Waals surface area contributed by atoms with Gasteiger partial charge in [0.25, 0.3) is 0 Å². The predicted molar refractivity (Wildman–Crippen MR) is 76.5 cm³/mol. The number of rotatable bonds is 7. The van der Waals surface area contributed by atoms with Crippen molar-refractivity contribution in [3.8, 4) is 5.75 Å². The third-order valence-corrected chi connectivity index (χ3v) is 2.81. The molecule has 1 N–H and O–H groups in total. The molecule has 1 atom stereocenters. The Morgan fingerprint density at radius 2 is 1.89 bits per heavy atom. The zero-order chi connectivity index (χ0) is 14.3. The van der Waals surface area contributed by atoms with Crippen LogP contribution in [0.4, 0.5) is 5.69 Å². The molecule has 0 aliphatic carbocycles. The molecule has 0 bridgehead atoms. The van der Waals surface area contributed by atoms with E-state index in [0.717, 1.165) is 17.9 Å². The van der Waals surface area contributed by atoms with Gasteiger partial charge in [-0.05, 0) is 44.5 Å². The summed E-state index contributed by atoms with van der Waals surface area (Å²) in [7, 11) is 1.42. The molecule has 0 spiro atoms. The van der Waals surface area contributed by atoms with Gasteiger partial charge in [-0.1, -0.05) is 6.92 Å². The van der Waals surface area contributed by atoms with E-state index < -0.39 is 0 Å². The predicted octanol–water partition coefficient (Wildman–Crippen LogP) is 3.08. The van der Waals surface area contributed by atoms with E-state index in [1.54, 1.807) is 0 Å². The number of nitrogens with one attached hydrogen (secondary N) is 1. The van der Waals surface area contributed by atoms with Crippen LogP contribution in [0.15, 0.2) is 24.3 Å². The summed E-state index contributed by atoms with van der Waals surface area (Å²) in [6.07, 6.45) is 0.927. The third-order valence-electron chi connectivity index (χ3n) is 2.81. The fourth-order valence-electron chi connectivity index (χ4n) is 1.73. The van der Waals surface area contributed by atoms with Gasteiger partial charge in [0.05, 0.1) is 19.1 Å². The Kier molecular flexibility index (Phi) is 6.19. The van der Waals surface area contributed by atoms with Crippen LogP contribution in [-0.4, -0.2) is 25.7 Å². The summed E-state index contributed by atoms with van der Waals surface area (Å²) in [6.45, 7) is 6.54. The molecule has 0 fully saturated rings. The second-order valence-electron chi connectivity index (χ2n) is 4.70. The van der Waals surface area contributed by atoms with Gasteiger partial charge in [-0.3, -0.25) is 4.79 Å². The summed E-state index contributed by atoms with van der Waals surface area (Å²) in [5.41, 5.74) is 0.971. The summed E-state index contributed by atoms with van der Waals surface area (Å²) in [5.74, 6) is 0.562. The highest BCUT2D eigenvalue weighted by molar-refractivity contribution is 5.73. The van der Waals surface area contributed by atoms with Crippen molar-refractivity contribution >= 4 is 11.7 Å². The number of esters is 1. The Morgan fingerprint density at radius 3 is 2.37 bits per heavy atom. The average Bonchev–Trinajstić information content (AvgIpc) is 2.40. The molecule has 1 aromatic rings. The minimum Gasteiger partial charge on any atom is -0.491 e. The van der Waals surface area contributed by atoms with E-state index in [4.69, 9.17) is 9.47 Å². The number of hydrogen-bond acceptors (Lipinski definition) is 4. The fourth-order valence-corrected chi connectivity index (χ4v) is 1.73. The monoisotopic (exact) mass is 265 g/mol. The van der Waals surface area contributed by atoms with Crippen molar-refractivity contribution in [1.29, 1.82) is 0 Å². The van der Waals surface area contributed by atoms with E-state index >= 15 is 0 Å². The smallest absolute Gasteiger partial charge is 0.310 e. The lowest BCUT2D eigenvalue weighted by Crippen LogP contribution is -2.23. The summed E-state index contributed by atoms with van der Waals surface area (Å²) >= 11 is 0. The minimum atomic E-state index is -0.172. The van der Waals surface area contributed by atoms with Crippen LogP contribution < -0.4 is 10.1 Å². The van der Waals surface area contributed by atoms with Crippen molar-refractivity contribution < 1.29 is 14.3 Å². The van der Waals surface area contributed by atoms with Crippen molar-refractivity contribution in [3.63, 3.8) is 0 Å². The molecule has 4 nitrogen and oxygen atoms in total. The first-order valence-electron chi connectivity index (χ1n) is 6.65. The van der Waals surface area contributed by atoms with E-state index in [-0.39, 0.29) is 18.0 Å². The maximum Gasteiger partial charge on any atom is 0.310 e. The van der Waals surface area contributed by atoms with Crippen LogP contribution in [0, 0.1) is 5.92 Å². The van der Waals surface area contributed by atoms with Gasteiger partial charge < -0.3 is 14.8 Å². The Morgan fingerprint density at radius 1 is 1.26 bits per heavy atom. The highest BCUT2D eigenvalue weighted by atomic mass is 16.5. The summed E-state index contributed by atoms with van der Waals surface area (Å²) in [6, 6.07) is 7.73. The van der Waals surface area contributed by atoms with Crippen LogP contribution in [0.1, 0.15) is 27.2 Å². The van der Waals surface area contributed by atoms with Gasteiger partial charge in [0, 0.05) is 12.2 Å². The fraction of sp³-hybridized carbons (Fsp3) is 0.533. The second kappa shape index (κ2) is 7.67. The van der Waals surface area contributed by atoms with Crippen LogP contribution in [0.25, 0.3) is 0 Å². The van der Waals surface area contributed by atoms with Crippen molar-refractivity contribution in [2.24, 2.45) is 5.92 Å². The van der Waals surface area contributed by atoms with Crippen LogP contribution in [0.3, 0.4) is 0 Å². The van der Waals surface area contributed by atoms with Crippen molar-refractivity contribution in [2.75, 3.05) is 19.0 Å². The standard InChI is InChI=1S/C15H23NO3/c1-5-12(15(17)18-4)10-16-13-6-8-14(9-7-13)19-11(2)3/h6-9,11-12,16H,5,10H2,1-4H3. The lowest BCUT2D eigenvalue weighted by atomic mass is 10.1. The van der Waals surface area contributed by atoms with Gasteiger partial charge in [-0.15, -0.1) is 0 Å². The van der Waals surface area contributed by atoms with Crippen LogP contribution in [0.5, 0.6) is 5.75 Å². The maximum atomic E-state index is 11.5. The first-order valence-corrected chi connectivity index (χ1v) is 6.65. The van der Waals surface area contributed by atoms with E-state index in [0.29, 0.717) is 6.54 Å². The molecular formula is C15H23NO3. The molecule has 0 radical (unpaired) electrons. The quantitative estimate of drug-likeness (QED) is 0.770. The molecule has 0 aliphatic heterocycles. The SMILES string of the molecule is CCC(CNc1ccc(OC(C)C)cc1)C(=O)OC. The minimum absolute atomic E-state index is 0.114. The number of carbonyl (C=O) groups excluding carboxylic acids is 1. The first kappa shape index (κ1) is 15.3. The molecule has 106 valence electrons. The van der Waals surface area contributed by atoms with E-state index in [9.17, 15) is 4.79 Å². The van der Waals surface area contributed by atoms with Gasteiger partial charge in [-0.2, -0.15) is 0 Å². The molecule has 0 amide bonds. The number of anilines is 1. The molecule has 0 aromatic heterocycles. The molecule has 1 aromatic carbocycles. The van der Waals surface area contributed by atoms with Crippen LogP contribution in [-0.2, 0) is 9.53 Å². The van der Waals surface area contributed by atoms with Gasteiger partial charge in [0.2, 0.25) is 0 Å². The molecule has 1 rings (SSSR count). The van der Waals surface area contributed by atoms with E-state index in [1.807, 2.05) is 45.0 Å². The van der Waals surface area contributed by atoms with Crippen molar-refractivity contribution in [2.45, 2.75) is 33.3 Å². The number of carbonyl (C=O) groups is 1. The highest BCUT2D eigenvalue weighted by Crippen LogP contribution is 2.17. The highest BCUT2D eigenvalue weighted by Gasteiger charge is 2.16. The first-order chi connectivity index (χ1) is 9.06. The number of methoxy groups -OCH3 is 1. The molecule has 4 heteroatoms. The zero-order valence-electron chi connectivity index (χ0n) is 12.1. The molecule has 0 heterocycles. The Labute approximate surface area is 115 Å². The third kappa shape index (κ3) is 5.20. The summed E-state index contributed by atoms with van der Waals surface area (Å²) in [4.78, 5) is 11.5. The molecular weight excluding hydrogens is 242 g/mol. The topological polar surface area (TPSA) is 47.6 Å². The van der Waals surface area contributed by atoms with Crippen molar-refractivity contribution in [1.82, 2.24) is 0 Å². The van der Waals surface area contributed by atoms with Gasteiger partial charge in [0.1, 0.15) is 5.75 Å². The molecule has 0 saturated heterocycles. The average molecular weight is 265 g/mol. The molecule has 0 aliphatic rings. The van der Waals surface area contributed by atoms with Crippen LogP contribution in [0.2, 0.25) is 0 Å². The molecule has 1 unspecified atom stereocenters. The molecule has 19 heavy (non-hydrogen) atoms. The number of hydrogen-bond donors (Lipinski definition) is 1. The van der Waals surface area contributed by atoms with Gasteiger partial charge in [0.15, 0.2) is 0 Å². The summed E-state index contributed by atoms with van der Waals surface area (Å²) in [5, 5.41) is 3.24. The van der Waals surface area contributed by atoms with E-state index in [1.165, 1.54) is 7.11 Å². The Hall–Kier alpha value is -1.71. The summed E-state index contributed by atoms with van der Waals surface area (Å²) < 4.78 is 10.3. The lowest BCUT2D eigenvalue weighted by molar-refractivity contribution is -0.145. The zero-order valence-corrected chi connectivity index (χ0v) is 12.1. The van der Waals surface area contributed by atoms with Gasteiger partial charge >= 0.3 is 5.97 Å². The Bertz CT molecular complexity index is 387. The largest absolute Gasteiger partial charge is 0.491 e. The maximum absolute atomic E-state index is 11.5. The molecule has 0 saturated carbocycles. The number of benzene rings is 1. The lowest BCUT2D eigenvalue weighted by Gasteiger charge is -2.15. The normalized spacial score (nSPS) is 12.1. The van der Waals surface area contributed by atoms with Gasteiger partial charge in [-0.25, -0.2) is 0 Å².